The second kappa shape index (κ2) is 8.57. The van der Waals surface area contributed by atoms with Crippen LogP contribution < -0.4 is 4.90 Å². The predicted octanol–water partition coefficient (Wildman–Crippen LogP) is 6.56. The SMILES string of the molecule is O=C(O)c1nccc2cc(N3CC4C(/C=C/c5c(-c6c(Cl)cncc6Cl)noc5C5CC5)C4C3)ccc12. The third kappa shape index (κ3) is 3.88. The lowest BCUT2D eigenvalue weighted by atomic mass is 10.0. The zero-order chi connectivity index (χ0) is 25.3. The first-order chi connectivity index (χ1) is 18.0. The molecule has 1 aromatic carbocycles. The van der Waals surface area contributed by atoms with Crippen LogP contribution in [0, 0.1) is 17.8 Å². The summed E-state index contributed by atoms with van der Waals surface area (Å²) in [4.78, 5) is 21.9. The molecule has 4 aromatic rings. The molecule has 1 aliphatic heterocycles. The molecule has 3 aliphatic rings. The van der Waals surface area contributed by atoms with Crippen LogP contribution in [0.25, 0.3) is 28.1 Å². The first-order valence-corrected chi connectivity index (χ1v) is 13.1. The number of nitrogens with zero attached hydrogens (tertiary/aromatic N) is 4. The van der Waals surface area contributed by atoms with E-state index in [2.05, 4.69) is 38.2 Å². The molecule has 4 heterocycles. The molecule has 0 bridgehead atoms. The van der Waals surface area contributed by atoms with E-state index >= 15 is 0 Å². The minimum atomic E-state index is -1.01. The Hall–Kier alpha value is -3.42. The highest BCUT2D eigenvalue weighted by Crippen LogP contribution is 2.54. The van der Waals surface area contributed by atoms with E-state index in [1.165, 1.54) is 0 Å². The number of carbonyl (C=O) groups is 1. The lowest BCUT2D eigenvalue weighted by Gasteiger charge is -2.22. The van der Waals surface area contributed by atoms with E-state index in [1.54, 1.807) is 18.6 Å². The summed E-state index contributed by atoms with van der Waals surface area (Å²) in [6.07, 6.45) is 11.4. The van der Waals surface area contributed by atoms with Crippen LogP contribution in [0.15, 0.2) is 53.5 Å². The third-order valence-corrected chi connectivity index (χ3v) is 8.43. The fourth-order valence-electron chi connectivity index (χ4n) is 5.74. The number of benzene rings is 1. The van der Waals surface area contributed by atoms with Gasteiger partial charge in [0.15, 0.2) is 5.69 Å². The first kappa shape index (κ1) is 22.8. The van der Waals surface area contributed by atoms with Gasteiger partial charge in [0.25, 0.3) is 0 Å². The standard InChI is InChI=1S/C28H22Cl2N4O3/c29-22-10-31-11-23(30)24(22)25-19(27(37-33-25)14-1-2-14)6-5-18-20-12-34(13-21(18)20)16-3-4-17-15(9-16)7-8-32-26(17)28(35)36/h3-11,14,18,20-21H,1-2,12-13H2,(H,35,36)/b6-5+. The number of hydrogen-bond donors (Lipinski definition) is 1. The van der Waals surface area contributed by atoms with Gasteiger partial charge in [0.1, 0.15) is 11.5 Å². The summed E-state index contributed by atoms with van der Waals surface area (Å²) in [7, 11) is 0. The summed E-state index contributed by atoms with van der Waals surface area (Å²) in [5.74, 6) is 1.97. The summed E-state index contributed by atoms with van der Waals surface area (Å²) in [5, 5.41) is 16.2. The minimum absolute atomic E-state index is 0.0894. The molecule has 2 atom stereocenters. The van der Waals surface area contributed by atoms with Gasteiger partial charge in [0, 0.05) is 59.8 Å². The van der Waals surface area contributed by atoms with Crippen molar-refractivity contribution in [2.45, 2.75) is 18.8 Å². The van der Waals surface area contributed by atoms with Crippen molar-refractivity contribution in [3.63, 3.8) is 0 Å². The van der Waals surface area contributed by atoms with Gasteiger partial charge in [-0.25, -0.2) is 9.78 Å². The van der Waals surface area contributed by atoms with Crippen LogP contribution in [-0.4, -0.2) is 39.3 Å². The number of aromatic nitrogens is 3. The van der Waals surface area contributed by atoms with E-state index in [4.69, 9.17) is 27.7 Å². The lowest BCUT2D eigenvalue weighted by Crippen LogP contribution is -2.23. The molecule has 7 nitrogen and oxygen atoms in total. The summed E-state index contributed by atoms with van der Waals surface area (Å²) in [6, 6.07) is 7.79. The van der Waals surface area contributed by atoms with Gasteiger partial charge < -0.3 is 14.5 Å². The number of aromatic carboxylic acids is 1. The molecule has 2 unspecified atom stereocenters. The lowest BCUT2D eigenvalue weighted by molar-refractivity contribution is 0.0693. The Morgan fingerprint density at radius 2 is 1.86 bits per heavy atom. The summed E-state index contributed by atoms with van der Waals surface area (Å²) in [5.41, 5.74) is 3.51. The highest BCUT2D eigenvalue weighted by Gasteiger charge is 2.54. The molecule has 3 aromatic heterocycles. The average molecular weight is 533 g/mol. The van der Waals surface area contributed by atoms with Crippen molar-refractivity contribution in [1.29, 1.82) is 0 Å². The van der Waals surface area contributed by atoms with Crippen LogP contribution in [0.4, 0.5) is 5.69 Å². The maximum Gasteiger partial charge on any atom is 0.355 e. The molecule has 0 amide bonds. The minimum Gasteiger partial charge on any atom is -0.476 e. The van der Waals surface area contributed by atoms with Crippen molar-refractivity contribution in [3.05, 3.63) is 76.0 Å². The number of pyridine rings is 2. The van der Waals surface area contributed by atoms with Gasteiger partial charge in [-0.3, -0.25) is 4.98 Å². The molecule has 1 N–H and O–H groups in total. The molecule has 3 fully saturated rings. The fourth-order valence-corrected chi connectivity index (χ4v) is 6.28. The topological polar surface area (TPSA) is 92.3 Å². The van der Waals surface area contributed by atoms with Crippen molar-refractivity contribution in [1.82, 2.24) is 15.1 Å². The fraction of sp³-hybridized carbons (Fsp3) is 0.286. The normalized spacial score (nSPS) is 22.6. The zero-order valence-corrected chi connectivity index (χ0v) is 21.2. The van der Waals surface area contributed by atoms with Gasteiger partial charge in [-0.05, 0) is 60.2 Å². The van der Waals surface area contributed by atoms with E-state index in [0.29, 0.717) is 50.4 Å². The zero-order valence-electron chi connectivity index (χ0n) is 19.6. The van der Waals surface area contributed by atoms with Gasteiger partial charge in [0.2, 0.25) is 0 Å². The van der Waals surface area contributed by atoms with Crippen LogP contribution >= 0.6 is 23.2 Å². The summed E-state index contributed by atoms with van der Waals surface area (Å²) >= 11 is 12.9. The molecule has 0 radical (unpaired) electrons. The van der Waals surface area contributed by atoms with Crippen LogP contribution in [0.5, 0.6) is 0 Å². The van der Waals surface area contributed by atoms with Gasteiger partial charge >= 0.3 is 5.97 Å². The molecule has 2 saturated carbocycles. The predicted molar refractivity (Wildman–Crippen MR) is 142 cm³/mol. The number of halogens is 2. The molecule has 186 valence electrons. The Kier molecular flexibility index (Phi) is 5.27. The Bertz CT molecular complexity index is 1560. The molecular weight excluding hydrogens is 511 g/mol. The smallest absolute Gasteiger partial charge is 0.355 e. The molecule has 37 heavy (non-hydrogen) atoms. The number of allylic oxidation sites excluding steroid dienone is 1. The second-order valence-corrected chi connectivity index (χ2v) is 10.9. The number of carboxylic acids is 1. The molecule has 1 saturated heterocycles. The van der Waals surface area contributed by atoms with E-state index in [0.717, 1.165) is 48.3 Å². The van der Waals surface area contributed by atoms with E-state index in [1.807, 2.05) is 18.2 Å². The Labute approximate surface area is 222 Å². The van der Waals surface area contributed by atoms with Crippen molar-refractivity contribution in [2.75, 3.05) is 18.0 Å². The molecule has 2 aliphatic carbocycles. The third-order valence-electron chi connectivity index (χ3n) is 7.86. The highest BCUT2D eigenvalue weighted by atomic mass is 35.5. The quantitative estimate of drug-likeness (QED) is 0.300. The Morgan fingerprint density at radius 3 is 2.57 bits per heavy atom. The summed E-state index contributed by atoms with van der Waals surface area (Å²) < 4.78 is 5.78. The van der Waals surface area contributed by atoms with E-state index in [-0.39, 0.29) is 5.69 Å². The van der Waals surface area contributed by atoms with Gasteiger partial charge in [0.05, 0.1) is 10.0 Å². The molecular formula is C28H22Cl2N4O3. The number of rotatable bonds is 6. The molecule has 0 spiro atoms. The first-order valence-electron chi connectivity index (χ1n) is 12.3. The van der Waals surface area contributed by atoms with Crippen molar-refractivity contribution < 1.29 is 14.4 Å². The van der Waals surface area contributed by atoms with Crippen molar-refractivity contribution in [3.8, 4) is 11.3 Å². The van der Waals surface area contributed by atoms with Gasteiger partial charge in [-0.15, -0.1) is 0 Å². The number of carboxylic acid groups (broad SMARTS) is 1. The van der Waals surface area contributed by atoms with Crippen molar-refractivity contribution in [2.24, 2.45) is 17.8 Å². The number of fused-ring (bicyclic) bond motifs is 2. The molecule has 7 rings (SSSR count). The average Bonchev–Trinajstić information content (AvgIpc) is 3.75. The van der Waals surface area contributed by atoms with Crippen LogP contribution in [0.3, 0.4) is 0 Å². The number of anilines is 1. The van der Waals surface area contributed by atoms with Crippen LogP contribution in [-0.2, 0) is 0 Å². The van der Waals surface area contributed by atoms with Crippen LogP contribution in [0.1, 0.15) is 40.6 Å². The van der Waals surface area contributed by atoms with Gasteiger partial charge in [-0.1, -0.05) is 40.5 Å². The monoisotopic (exact) mass is 532 g/mol. The second-order valence-electron chi connectivity index (χ2n) is 10.1. The largest absolute Gasteiger partial charge is 0.476 e. The Balaban J connectivity index is 1.11. The Morgan fingerprint density at radius 1 is 1.11 bits per heavy atom. The highest BCUT2D eigenvalue weighted by molar-refractivity contribution is 6.39. The number of hydrogen-bond acceptors (Lipinski definition) is 6. The summed E-state index contributed by atoms with van der Waals surface area (Å²) in [6.45, 7) is 1.94. The van der Waals surface area contributed by atoms with Crippen molar-refractivity contribution >= 4 is 51.7 Å². The van der Waals surface area contributed by atoms with E-state index in [9.17, 15) is 9.90 Å². The van der Waals surface area contributed by atoms with E-state index < -0.39 is 5.97 Å². The van der Waals surface area contributed by atoms with Gasteiger partial charge in [-0.2, -0.15) is 0 Å². The maximum absolute atomic E-state index is 11.5. The molecule has 9 heteroatoms. The maximum atomic E-state index is 11.5. The number of piperidine rings is 1. The van der Waals surface area contributed by atoms with Crippen LogP contribution in [0.2, 0.25) is 10.0 Å².